The predicted octanol–water partition coefficient (Wildman–Crippen LogP) is 18.3. The van der Waals surface area contributed by atoms with Crippen LogP contribution in [0, 0.1) is 0 Å². The number of carbonyl (C=O) groups excluding carboxylic acids is 1. The Morgan fingerprint density at radius 3 is 1.10 bits per heavy atom. The minimum absolute atomic E-state index is 0.246. The SMILES string of the molecule is CCCCCCCCCCC/C=C\C/C=C\CCCCCCCCCCCCCCC(O)C(=O)NC(COC1OC(CO)C(O)C(O)C1O)C(O)C(O)CCC/C=C/CC/C=C/CCCCCCCCCCCCCCCCCCCCCCCC. The Morgan fingerprint density at radius 2 is 0.733 bits per heavy atom. The van der Waals surface area contributed by atoms with Crippen LogP contribution in [-0.4, -0.2) is 110 Å². The third-order valence-corrected chi connectivity index (χ3v) is 17.8. The lowest BCUT2D eigenvalue weighted by atomic mass is 9.98. The topological polar surface area (TPSA) is 189 Å². The Hall–Kier alpha value is -1.93. The number of rotatable bonds is 65. The summed E-state index contributed by atoms with van der Waals surface area (Å²) in [6.07, 6.45) is 72.1. The molecule has 11 nitrogen and oxygen atoms in total. The van der Waals surface area contributed by atoms with Gasteiger partial charge in [0.05, 0.1) is 25.4 Å². The zero-order valence-corrected chi connectivity index (χ0v) is 56.1. The summed E-state index contributed by atoms with van der Waals surface area (Å²) in [4.78, 5) is 13.3. The Bertz CT molecular complexity index is 1540. The highest BCUT2D eigenvalue weighted by atomic mass is 16.7. The number of nitrogens with one attached hydrogen (secondary N) is 1. The number of hydrogen-bond acceptors (Lipinski definition) is 10. The second-order valence-corrected chi connectivity index (χ2v) is 26.0. The molecule has 0 spiro atoms. The number of aliphatic hydroxyl groups is 7. The molecule has 0 aromatic rings. The molecule has 1 saturated heterocycles. The van der Waals surface area contributed by atoms with Gasteiger partial charge in [-0.15, -0.1) is 0 Å². The molecule has 86 heavy (non-hydrogen) atoms. The van der Waals surface area contributed by atoms with Crippen LogP contribution in [0.3, 0.4) is 0 Å². The fourth-order valence-corrected chi connectivity index (χ4v) is 11.9. The van der Waals surface area contributed by atoms with Crippen molar-refractivity contribution in [2.75, 3.05) is 13.2 Å². The molecule has 9 unspecified atom stereocenters. The van der Waals surface area contributed by atoms with Gasteiger partial charge in [-0.05, 0) is 83.5 Å². The first-order valence-corrected chi connectivity index (χ1v) is 37.0. The van der Waals surface area contributed by atoms with Gasteiger partial charge in [0.2, 0.25) is 5.91 Å². The van der Waals surface area contributed by atoms with Gasteiger partial charge in [0.15, 0.2) is 6.29 Å². The number of ether oxygens (including phenoxy) is 2. The summed E-state index contributed by atoms with van der Waals surface area (Å²) in [7, 11) is 0. The normalized spacial score (nSPS) is 19.0. The maximum Gasteiger partial charge on any atom is 0.249 e. The number of aliphatic hydroxyl groups excluding tert-OH is 7. The van der Waals surface area contributed by atoms with E-state index in [2.05, 4.69) is 67.8 Å². The molecule has 0 bridgehead atoms. The van der Waals surface area contributed by atoms with Gasteiger partial charge in [0.1, 0.15) is 36.6 Å². The summed E-state index contributed by atoms with van der Waals surface area (Å²) in [6.45, 7) is 3.49. The van der Waals surface area contributed by atoms with Crippen LogP contribution in [0.15, 0.2) is 48.6 Å². The Morgan fingerprint density at radius 1 is 0.407 bits per heavy atom. The van der Waals surface area contributed by atoms with E-state index < -0.39 is 74.2 Å². The van der Waals surface area contributed by atoms with Crippen LogP contribution in [0.2, 0.25) is 0 Å². The molecule has 1 rings (SSSR count). The van der Waals surface area contributed by atoms with Gasteiger partial charge in [-0.1, -0.05) is 319 Å². The number of unbranched alkanes of at least 4 members (excludes halogenated alkanes) is 45. The van der Waals surface area contributed by atoms with Crippen molar-refractivity contribution in [2.24, 2.45) is 0 Å². The summed E-state index contributed by atoms with van der Waals surface area (Å²) in [5, 5.41) is 76.6. The van der Waals surface area contributed by atoms with Crippen molar-refractivity contribution in [3.8, 4) is 0 Å². The van der Waals surface area contributed by atoms with Crippen LogP contribution < -0.4 is 5.32 Å². The third kappa shape index (κ3) is 49.8. The van der Waals surface area contributed by atoms with E-state index in [-0.39, 0.29) is 12.8 Å². The zero-order chi connectivity index (χ0) is 62.4. The Kier molecular flexibility index (Phi) is 60.3. The van der Waals surface area contributed by atoms with Gasteiger partial charge in [-0.3, -0.25) is 4.79 Å². The lowest BCUT2D eigenvalue weighted by Gasteiger charge is -2.40. The highest BCUT2D eigenvalue weighted by molar-refractivity contribution is 5.80. The molecule has 1 amide bonds. The Labute approximate surface area is 529 Å². The van der Waals surface area contributed by atoms with Crippen molar-refractivity contribution >= 4 is 5.91 Å². The molecule has 1 heterocycles. The second-order valence-electron chi connectivity index (χ2n) is 26.0. The molecule has 8 N–H and O–H groups in total. The largest absolute Gasteiger partial charge is 0.394 e. The van der Waals surface area contributed by atoms with Crippen LogP contribution in [0.5, 0.6) is 0 Å². The van der Waals surface area contributed by atoms with E-state index in [0.29, 0.717) is 19.3 Å². The van der Waals surface area contributed by atoms with Gasteiger partial charge < -0.3 is 50.5 Å². The minimum atomic E-state index is -1.67. The number of amides is 1. The minimum Gasteiger partial charge on any atom is -0.394 e. The van der Waals surface area contributed by atoms with Crippen molar-refractivity contribution in [3.63, 3.8) is 0 Å². The number of carbonyl (C=O) groups is 1. The van der Waals surface area contributed by atoms with Crippen molar-refractivity contribution < 1.29 is 50.0 Å². The van der Waals surface area contributed by atoms with Crippen LogP contribution in [0.25, 0.3) is 0 Å². The van der Waals surface area contributed by atoms with E-state index in [0.717, 1.165) is 44.9 Å². The maximum atomic E-state index is 13.3. The van der Waals surface area contributed by atoms with E-state index in [9.17, 15) is 40.5 Å². The fraction of sp³-hybridized carbons (Fsp3) is 0.880. The lowest BCUT2D eigenvalue weighted by Crippen LogP contribution is -2.60. The van der Waals surface area contributed by atoms with Gasteiger partial charge in [-0.2, -0.15) is 0 Å². The fourth-order valence-electron chi connectivity index (χ4n) is 11.9. The summed E-state index contributed by atoms with van der Waals surface area (Å²) in [5.74, 6) is -0.708. The quantitative estimate of drug-likeness (QED) is 0.0215. The second kappa shape index (κ2) is 63.2. The van der Waals surface area contributed by atoms with E-state index in [1.807, 2.05) is 0 Å². The van der Waals surface area contributed by atoms with Crippen LogP contribution in [0.1, 0.15) is 354 Å². The van der Waals surface area contributed by atoms with Crippen LogP contribution >= 0.6 is 0 Å². The van der Waals surface area contributed by atoms with Gasteiger partial charge in [0, 0.05) is 0 Å². The van der Waals surface area contributed by atoms with Gasteiger partial charge in [-0.25, -0.2) is 0 Å². The molecule has 0 aromatic carbocycles. The molecular weight excluding hydrogens is 1070 g/mol. The average molecular weight is 1220 g/mol. The molecule has 1 aliphatic rings. The molecule has 9 atom stereocenters. The molecule has 1 fully saturated rings. The first-order chi connectivity index (χ1) is 42.2. The summed E-state index contributed by atoms with van der Waals surface area (Å²) in [5.41, 5.74) is 0. The first kappa shape index (κ1) is 82.1. The molecule has 0 saturated carbocycles. The highest BCUT2D eigenvalue weighted by Crippen LogP contribution is 2.24. The van der Waals surface area contributed by atoms with E-state index in [1.54, 1.807) is 0 Å². The van der Waals surface area contributed by atoms with Gasteiger partial charge >= 0.3 is 0 Å². The summed E-state index contributed by atoms with van der Waals surface area (Å²) in [6, 6.07) is -1.20. The summed E-state index contributed by atoms with van der Waals surface area (Å²) < 4.78 is 11.2. The van der Waals surface area contributed by atoms with Crippen molar-refractivity contribution in [3.05, 3.63) is 48.6 Å². The van der Waals surface area contributed by atoms with Crippen LogP contribution in [0.4, 0.5) is 0 Å². The molecular formula is C75H141NO10. The third-order valence-electron chi connectivity index (χ3n) is 17.8. The van der Waals surface area contributed by atoms with Crippen LogP contribution in [-0.2, 0) is 14.3 Å². The smallest absolute Gasteiger partial charge is 0.249 e. The molecule has 1 aliphatic heterocycles. The number of allylic oxidation sites excluding steroid dienone is 8. The zero-order valence-electron chi connectivity index (χ0n) is 56.1. The molecule has 0 aliphatic carbocycles. The number of hydrogen-bond donors (Lipinski definition) is 8. The van der Waals surface area contributed by atoms with Crippen molar-refractivity contribution in [1.82, 2.24) is 5.32 Å². The first-order valence-electron chi connectivity index (χ1n) is 37.0. The van der Waals surface area contributed by atoms with Gasteiger partial charge in [0.25, 0.3) is 0 Å². The molecule has 11 heteroatoms. The highest BCUT2D eigenvalue weighted by Gasteiger charge is 2.44. The lowest BCUT2D eigenvalue weighted by molar-refractivity contribution is -0.303. The summed E-state index contributed by atoms with van der Waals surface area (Å²) >= 11 is 0. The van der Waals surface area contributed by atoms with Crippen molar-refractivity contribution in [1.29, 1.82) is 0 Å². The standard InChI is InChI=1S/C75H141NO10/c1-3-5-7-9-11-13-15-17-19-21-23-25-27-29-31-33-34-35-37-38-40-42-44-46-48-50-52-54-56-58-60-62-67(78)70(80)66(65-85-75-73(83)72(82)71(81)69(64-77)86-75)76-74(84)68(79)63-61-59-57-55-53-51-49-47-45-43-41-39-36-32-30-28-26-24-22-20-18-16-14-12-10-8-6-4-2/h24,26,30,32,46,48,54,56,66-73,75,77-83H,3-23,25,27-29,31,33-45,47,49-53,55,57-65H2,1-2H3,(H,76,84)/b26-24-,32-30-,48-46+,56-54+. The van der Waals surface area contributed by atoms with Crippen molar-refractivity contribution in [2.45, 2.75) is 409 Å². The maximum absolute atomic E-state index is 13.3. The predicted molar refractivity (Wildman–Crippen MR) is 362 cm³/mol. The van der Waals surface area contributed by atoms with E-state index >= 15 is 0 Å². The molecule has 0 radical (unpaired) electrons. The molecule has 0 aromatic heterocycles. The monoisotopic (exact) mass is 1220 g/mol. The Balaban J connectivity index is 2.21. The van der Waals surface area contributed by atoms with E-state index in [4.69, 9.17) is 9.47 Å². The average Bonchev–Trinajstić information content (AvgIpc) is 2.54. The van der Waals surface area contributed by atoms with E-state index in [1.165, 1.54) is 263 Å². The molecule has 506 valence electrons.